The molecule has 0 aliphatic rings. The van der Waals surface area contributed by atoms with Crippen molar-refractivity contribution in [2.75, 3.05) is 0 Å². The third-order valence-electron chi connectivity index (χ3n) is 7.71. The van der Waals surface area contributed by atoms with Crippen LogP contribution in [-0.2, 0) is 0 Å². The molecule has 2 heterocycles. The summed E-state index contributed by atoms with van der Waals surface area (Å²) in [5, 5.41) is 2.43. The fourth-order valence-corrected chi connectivity index (χ4v) is 5.70. The highest BCUT2D eigenvalue weighted by Crippen LogP contribution is 2.42. The maximum atomic E-state index is 9.02. The van der Waals surface area contributed by atoms with Crippen molar-refractivity contribution >= 4 is 43.5 Å². The van der Waals surface area contributed by atoms with Crippen molar-refractivity contribution in [2.24, 2.45) is 0 Å². The van der Waals surface area contributed by atoms with Gasteiger partial charge in [-0.25, -0.2) is 15.0 Å². The molecule has 0 aliphatic carbocycles. The van der Waals surface area contributed by atoms with Gasteiger partial charge in [0.1, 0.15) is 11.2 Å². The van der Waals surface area contributed by atoms with Crippen molar-refractivity contribution in [3.63, 3.8) is 0 Å². The zero-order valence-electron chi connectivity index (χ0n) is 35.3. The predicted octanol–water partition coefficient (Wildman–Crippen LogP) is 10.7. The normalized spacial score (nSPS) is 15.3. The predicted molar refractivity (Wildman–Crippen MR) is 184 cm³/mol. The SMILES string of the molecule is [2H]c1c([2H])c([2H])c(-c2nc(-c3ccccc3)nc(-c3ccc4oc5cc(-c6c([2H])c([2H])c([2H])c7c([2H])c([2H])c([2H])c([2H])c67)c6ccccc6c5c4c3)n2)c([2H])c1[2H]. The van der Waals surface area contributed by atoms with Gasteiger partial charge in [0.25, 0.3) is 0 Å². The van der Waals surface area contributed by atoms with Gasteiger partial charge in [-0.1, -0.05) is 127 Å². The first kappa shape index (κ1) is 16.1. The molecular weight excluding hydrogens is 550 g/mol. The summed E-state index contributed by atoms with van der Waals surface area (Å²) in [5.74, 6) is 0.284. The van der Waals surface area contributed by atoms with Crippen molar-refractivity contribution in [2.45, 2.75) is 0 Å². The van der Waals surface area contributed by atoms with Gasteiger partial charge in [-0.05, 0) is 56.9 Å². The quantitative estimate of drug-likeness (QED) is 0.205. The van der Waals surface area contributed by atoms with E-state index in [1.807, 2.05) is 30.3 Å². The first-order valence-corrected chi connectivity index (χ1v) is 14.1. The van der Waals surface area contributed by atoms with Crippen LogP contribution in [0.5, 0.6) is 0 Å². The van der Waals surface area contributed by atoms with E-state index >= 15 is 0 Å². The van der Waals surface area contributed by atoms with E-state index in [0.717, 1.165) is 0 Å². The Morgan fingerprint density at radius 2 is 1.13 bits per heavy atom. The van der Waals surface area contributed by atoms with Crippen LogP contribution in [0, 0.1) is 0 Å². The van der Waals surface area contributed by atoms with Gasteiger partial charge in [0, 0.05) is 27.5 Å². The van der Waals surface area contributed by atoms with Crippen molar-refractivity contribution in [3.8, 4) is 45.3 Å². The number of hydrogen-bond donors (Lipinski definition) is 0. The minimum Gasteiger partial charge on any atom is -0.456 e. The minimum atomic E-state index is -0.538. The van der Waals surface area contributed by atoms with Crippen LogP contribution in [0.3, 0.4) is 0 Å². The third-order valence-corrected chi connectivity index (χ3v) is 7.71. The maximum Gasteiger partial charge on any atom is 0.164 e. The Bertz CT molecular complexity index is 3190. The fraction of sp³-hybridized carbons (Fsp3) is 0. The number of furan rings is 1. The van der Waals surface area contributed by atoms with Crippen LogP contribution in [0.1, 0.15) is 16.4 Å². The molecule has 210 valence electrons. The number of nitrogens with zero attached hydrogens (tertiary/aromatic N) is 3. The van der Waals surface area contributed by atoms with E-state index in [4.69, 9.17) is 25.9 Å². The molecule has 0 fully saturated rings. The number of fused-ring (bicyclic) bond motifs is 6. The molecule has 4 heteroatoms. The first-order valence-electron chi connectivity index (χ1n) is 20.1. The molecule has 9 rings (SSSR count). The largest absolute Gasteiger partial charge is 0.456 e. The van der Waals surface area contributed by atoms with Crippen LogP contribution < -0.4 is 0 Å². The summed E-state index contributed by atoms with van der Waals surface area (Å²) in [6.45, 7) is 0. The number of hydrogen-bond acceptors (Lipinski definition) is 4. The van der Waals surface area contributed by atoms with Crippen LogP contribution in [-0.4, -0.2) is 15.0 Å². The van der Waals surface area contributed by atoms with Gasteiger partial charge in [0.2, 0.25) is 0 Å². The molecule has 0 N–H and O–H groups in total. The highest BCUT2D eigenvalue weighted by molar-refractivity contribution is 6.23. The van der Waals surface area contributed by atoms with Crippen molar-refractivity contribution in [1.29, 1.82) is 0 Å². The number of aromatic nitrogens is 3. The van der Waals surface area contributed by atoms with Crippen LogP contribution in [0.15, 0.2) is 156 Å². The minimum absolute atomic E-state index is 0.0334. The monoisotopic (exact) mass is 587 g/mol. The maximum absolute atomic E-state index is 9.02. The fourth-order valence-electron chi connectivity index (χ4n) is 5.70. The highest BCUT2D eigenvalue weighted by atomic mass is 16.3. The summed E-state index contributed by atoms with van der Waals surface area (Å²) in [5.41, 5.74) is 2.27. The summed E-state index contributed by atoms with van der Waals surface area (Å²) in [6.07, 6.45) is 0. The standard InChI is InChI=1S/C41H25N3O/c1-3-13-27(14-4-1)39-42-40(28-15-5-2-6-16-28)44-41(43-39)29-22-23-36-35(24-29)38-33-20-10-9-19-32(33)34(25-37(38)45-36)31-21-11-17-26-12-7-8-18-30(26)31/h1-25H/i1D,3D,4D,7D,8D,11D,12D,13D,14D,17D,18D,21D. The van der Waals surface area contributed by atoms with Gasteiger partial charge in [-0.2, -0.15) is 0 Å². The Balaban J connectivity index is 1.32. The van der Waals surface area contributed by atoms with E-state index in [1.165, 1.54) is 0 Å². The second-order valence-electron chi connectivity index (χ2n) is 10.3. The lowest BCUT2D eigenvalue weighted by Crippen LogP contribution is -2.00. The second-order valence-corrected chi connectivity index (χ2v) is 10.3. The van der Waals surface area contributed by atoms with Gasteiger partial charge in [-0.3, -0.25) is 0 Å². The van der Waals surface area contributed by atoms with E-state index in [1.54, 1.807) is 48.5 Å². The molecule has 0 radical (unpaired) electrons. The Hall–Kier alpha value is -6.13. The summed E-state index contributed by atoms with van der Waals surface area (Å²) in [4.78, 5) is 14.0. The third kappa shape index (κ3) is 4.27. The average molecular weight is 588 g/mol. The van der Waals surface area contributed by atoms with Crippen LogP contribution in [0.2, 0.25) is 0 Å². The van der Waals surface area contributed by atoms with Gasteiger partial charge >= 0.3 is 0 Å². The Labute approximate surface area is 276 Å². The molecule has 0 unspecified atom stereocenters. The summed E-state index contributed by atoms with van der Waals surface area (Å²) in [6, 6.07) is 17.6. The lowest BCUT2D eigenvalue weighted by atomic mass is 9.92. The lowest BCUT2D eigenvalue weighted by Gasteiger charge is -2.11. The van der Waals surface area contributed by atoms with E-state index in [-0.39, 0.29) is 45.4 Å². The topological polar surface area (TPSA) is 51.8 Å². The van der Waals surface area contributed by atoms with E-state index in [2.05, 4.69) is 9.97 Å². The summed E-state index contributed by atoms with van der Waals surface area (Å²) < 4.78 is 109. The zero-order valence-corrected chi connectivity index (χ0v) is 23.3. The molecule has 45 heavy (non-hydrogen) atoms. The highest BCUT2D eigenvalue weighted by Gasteiger charge is 2.18. The molecule has 4 nitrogen and oxygen atoms in total. The molecule has 0 atom stereocenters. The molecule has 7 aromatic carbocycles. The molecular formula is C41H25N3O. The smallest absolute Gasteiger partial charge is 0.164 e. The molecule has 0 bridgehead atoms. The first-order chi connectivity index (χ1) is 27.3. The van der Waals surface area contributed by atoms with Gasteiger partial charge < -0.3 is 4.42 Å². The average Bonchev–Trinajstić information content (AvgIpc) is 3.60. The van der Waals surface area contributed by atoms with Gasteiger partial charge in [0.15, 0.2) is 17.5 Å². The molecule has 0 spiro atoms. The van der Waals surface area contributed by atoms with Gasteiger partial charge in [0.05, 0.1) is 16.4 Å². The van der Waals surface area contributed by atoms with Crippen LogP contribution >= 0.6 is 0 Å². The molecule has 0 aliphatic heterocycles. The Morgan fingerprint density at radius 3 is 1.98 bits per heavy atom. The second kappa shape index (κ2) is 10.2. The molecule has 9 aromatic rings. The van der Waals surface area contributed by atoms with Crippen molar-refractivity contribution < 1.29 is 20.9 Å². The Morgan fingerprint density at radius 1 is 0.444 bits per heavy atom. The van der Waals surface area contributed by atoms with Crippen molar-refractivity contribution in [1.82, 2.24) is 15.0 Å². The van der Waals surface area contributed by atoms with Crippen LogP contribution in [0.25, 0.3) is 88.8 Å². The number of benzene rings is 7. The van der Waals surface area contributed by atoms with Crippen LogP contribution in [0.4, 0.5) is 0 Å². The summed E-state index contributed by atoms with van der Waals surface area (Å²) in [7, 11) is 0. The molecule has 0 amide bonds. The zero-order chi connectivity index (χ0) is 40.2. The van der Waals surface area contributed by atoms with E-state index in [9.17, 15) is 0 Å². The van der Waals surface area contributed by atoms with Gasteiger partial charge in [-0.15, -0.1) is 0 Å². The summed E-state index contributed by atoms with van der Waals surface area (Å²) >= 11 is 0. The molecule has 0 saturated heterocycles. The molecule has 0 saturated carbocycles. The van der Waals surface area contributed by atoms with E-state index in [0.29, 0.717) is 49.4 Å². The lowest BCUT2D eigenvalue weighted by molar-refractivity contribution is 0.669. The Kier molecular flexibility index (Phi) is 3.66. The molecule has 2 aromatic heterocycles. The van der Waals surface area contributed by atoms with E-state index < -0.39 is 66.5 Å². The van der Waals surface area contributed by atoms with Crippen molar-refractivity contribution in [3.05, 3.63) is 151 Å². The number of rotatable bonds is 4.